The molecule has 2 heterocycles. The summed E-state index contributed by atoms with van der Waals surface area (Å²) < 4.78 is 43.7. The van der Waals surface area contributed by atoms with Crippen molar-refractivity contribution in [2.75, 3.05) is 6.54 Å². The highest BCUT2D eigenvalue weighted by atomic mass is 79.9. The number of aromatic nitrogens is 1. The SMILES string of the molecule is CC[Si](CC)(CC)c1cc(Br)nc(C2(C)CN2S(=O)(=O)c2ccc([N+](=O)[O-])cc2)c1F.c1ccc(P(c2ccccc2)c2ccccc2)cc1. The zero-order chi connectivity index (χ0) is 36.1. The van der Waals surface area contributed by atoms with Crippen LogP contribution < -0.4 is 21.1 Å². The maximum Gasteiger partial charge on any atom is 0.269 e. The largest absolute Gasteiger partial charge is 0.269 e. The van der Waals surface area contributed by atoms with Gasteiger partial charge < -0.3 is 0 Å². The van der Waals surface area contributed by atoms with E-state index in [0.717, 1.165) is 30.3 Å². The number of halogens is 2. The lowest BCUT2D eigenvalue weighted by atomic mass is 10.1. The second-order valence-corrected chi connectivity index (χ2v) is 22.5. The first-order chi connectivity index (χ1) is 23.9. The molecular formula is C38H40BrFN3O4PSSi. The Labute approximate surface area is 304 Å². The molecule has 260 valence electrons. The van der Waals surface area contributed by atoms with Gasteiger partial charge in [-0.2, -0.15) is 4.31 Å². The zero-order valence-corrected chi connectivity index (χ0v) is 32.8. The van der Waals surface area contributed by atoms with Gasteiger partial charge in [0.25, 0.3) is 5.69 Å². The molecule has 1 aliphatic heterocycles. The summed E-state index contributed by atoms with van der Waals surface area (Å²) in [5, 5.41) is 15.7. The first-order valence-corrected chi connectivity index (χ1v) is 22.7. The van der Waals surface area contributed by atoms with Crippen LogP contribution in [0, 0.1) is 15.9 Å². The Morgan fingerprint density at radius 3 is 1.68 bits per heavy atom. The number of nitro groups is 1. The summed E-state index contributed by atoms with van der Waals surface area (Å²) in [6.45, 7) is 7.99. The van der Waals surface area contributed by atoms with Gasteiger partial charge in [0.05, 0.1) is 29.1 Å². The van der Waals surface area contributed by atoms with E-state index in [2.05, 4.69) is 133 Å². The molecule has 2 unspecified atom stereocenters. The lowest BCUT2D eigenvalue weighted by Gasteiger charge is -2.30. The predicted molar refractivity (Wildman–Crippen MR) is 208 cm³/mol. The summed E-state index contributed by atoms with van der Waals surface area (Å²) in [7, 11) is -6.48. The van der Waals surface area contributed by atoms with Crippen molar-refractivity contribution in [2.45, 2.75) is 56.3 Å². The molecule has 4 aromatic carbocycles. The number of rotatable bonds is 11. The minimum Gasteiger partial charge on any atom is -0.258 e. The van der Waals surface area contributed by atoms with Crippen LogP contribution in [0.3, 0.4) is 0 Å². The molecule has 1 saturated heterocycles. The Morgan fingerprint density at radius 1 is 0.840 bits per heavy atom. The van der Waals surface area contributed by atoms with Crippen LogP contribution in [0.5, 0.6) is 0 Å². The van der Waals surface area contributed by atoms with Crippen LogP contribution >= 0.6 is 23.9 Å². The van der Waals surface area contributed by atoms with Gasteiger partial charge in [0.2, 0.25) is 10.0 Å². The molecule has 5 aromatic rings. The molecule has 0 saturated carbocycles. The zero-order valence-electron chi connectivity index (χ0n) is 28.5. The van der Waals surface area contributed by atoms with Gasteiger partial charge in [-0.1, -0.05) is 130 Å². The van der Waals surface area contributed by atoms with Crippen molar-refractivity contribution in [3.63, 3.8) is 0 Å². The highest BCUT2D eigenvalue weighted by molar-refractivity contribution is 9.10. The first-order valence-electron chi connectivity index (χ1n) is 16.5. The monoisotopic (exact) mass is 791 g/mol. The van der Waals surface area contributed by atoms with E-state index in [1.165, 1.54) is 32.4 Å². The van der Waals surface area contributed by atoms with Gasteiger partial charge in [0, 0.05) is 18.7 Å². The number of benzene rings is 4. The number of hydrogen-bond donors (Lipinski definition) is 0. The fraction of sp³-hybridized carbons (Fsp3) is 0.237. The summed E-state index contributed by atoms with van der Waals surface area (Å²) in [5.41, 5.74) is -1.19. The smallest absolute Gasteiger partial charge is 0.258 e. The maximum absolute atomic E-state index is 15.8. The van der Waals surface area contributed by atoms with Crippen LogP contribution in [0.2, 0.25) is 18.1 Å². The number of nitro benzene ring substituents is 1. The van der Waals surface area contributed by atoms with Crippen molar-refractivity contribution in [1.29, 1.82) is 0 Å². The summed E-state index contributed by atoms with van der Waals surface area (Å²) in [5.74, 6) is -0.413. The Kier molecular flexibility index (Phi) is 11.9. The number of non-ortho nitro benzene ring substituents is 1. The van der Waals surface area contributed by atoms with E-state index >= 15 is 4.39 Å². The topological polar surface area (TPSA) is 93.2 Å². The third-order valence-corrected chi connectivity index (χ3v) is 20.0. The molecule has 1 aromatic heterocycles. The maximum atomic E-state index is 15.8. The fourth-order valence-electron chi connectivity index (χ4n) is 6.40. The molecule has 1 aliphatic rings. The van der Waals surface area contributed by atoms with Crippen molar-refractivity contribution in [1.82, 2.24) is 9.29 Å². The summed E-state index contributed by atoms with van der Waals surface area (Å²) in [4.78, 5) is 14.5. The van der Waals surface area contributed by atoms with Crippen molar-refractivity contribution in [3.8, 4) is 0 Å². The molecule has 2 atom stereocenters. The van der Waals surface area contributed by atoms with Crippen molar-refractivity contribution in [2.24, 2.45) is 0 Å². The van der Waals surface area contributed by atoms with Gasteiger partial charge in [0.1, 0.15) is 10.4 Å². The van der Waals surface area contributed by atoms with E-state index in [4.69, 9.17) is 0 Å². The first kappa shape index (κ1) is 37.6. The molecule has 0 spiro atoms. The molecule has 0 radical (unpaired) electrons. The van der Waals surface area contributed by atoms with Crippen molar-refractivity contribution >= 4 is 68.7 Å². The molecule has 0 N–H and O–H groups in total. The van der Waals surface area contributed by atoms with Gasteiger partial charge in [-0.25, -0.2) is 17.8 Å². The van der Waals surface area contributed by atoms with Crippen LogP contribution in [0.15, 0.2) is 131 Å². The van der Waals surface area contributed by atoms with Crippen LogP contribution in [0.25, 0.3) is 0 Å². The van der Waals surface area contributed by atoms with Gasteiger partial charge in [0.15, 0.2) is 0 Å². The summed E-state index contributed by atoms with van der Waals surface area (Å²) >= 11 is 3.40. The highest BCUT2D eigenvalue weighted by Crippen LogP contribution is 2.47. The normalized spacial score (nSPS) is 17.1. The highest BCUT2D eigenvalue weighted by Gasteiger charge is 2.59. The number of hydrogen-bond acceptors (Lipinski definition) is 5. The second-order valence-electron chi connectivity index (χ2n) is 12.4. The van der Waals surface area contributed by atoms with Crippen molar-refractivity contribution in [3.05, 3.63) is 148 Å². The number of pyridine rings is 1. The fourth-order valence-corrected chi connectivity index (χ4v) is 14.8. The standard InChI is InChI=1S/C20H25BrFN3O4SSi.C18H15P/c1-5-31(6-2,7-3)16-12-17(21)23-19(18(16)22)20(4)13-24(20)30(28,29)15-10-8-14(9-11-15)25(26)27;1-4-10-16(11-5-1)19(17-12-6-2-7-13-17)18-14-8-3-9-15-18/h8-12H,5-7,13H2,1-4H3;1-15H. The third-order valence-electron chi connectivity index (χ3n) is 9.62. The molecule has 1 fully saturated rings. The molecule has 6 rings (SSSR count). The van der Waals surface area contributed by atoms with Gasteiger partial charge >= 0.3 is 0 Å². The molecule has 0 amide bonds. The molecular weight excluding hydrogens is 752 g/mol. The van der Waals surface area contributed by atoms with E-state index < -0.39 is 42.3 Å². The molecule has 50 heavy (non-hydrogen) atoms. The van der Waals surface area contributed by atoms with Crippen LogP contribution in [-0.4, -0.2) is 37.2 Å². The van der Waals surface area contributed by atoms with E-state index in [1.807, 2.05) is 0 Å². The Morgan fingerprint density at radius 2 is 1.28 bits per heavy atom. The number of nitrogens with zero attached hydrogens (tertiary/aromatic N) is 3. The number of sulfonamides is 1. The lowest BCUT2D eigenvalue weighted by molar-refractivity contribution is -0.384. The van der Waals surface area contributed by atoms with E-state index in [-0.39, 0.29) is 22.8 Å². The van der Waals surface area contributed by atoms with Gasteiger partial charge in [-0.05, 0) is 70.1 Å². The van der Waals surface area contributed by atoms with Crippen LogP contribution in [-0.2, 0) is 15.6 Å². The van der Waals surface area contributed by atoms with Crippen LogP contribution in [0.1, 0.15) is 33.4 Å². The molecule has 0 aliphatic carbocycles. The van der Waals surface area contributed by atoms with E-state index in [0.29, 0.717) is 9.79 Å². The third kappa shape index (κ3) is 7.67. The predicted octanol–water partition coefficient (Wildman–Crippen LogP) is 7.97. The van der Waals surface area contributed by atoms with E-state index in [9.17, 15) is 18.5 Å². The minimum absolute atomic E-state index is 0.0724. The quantitative estimate of drug-likeness (QED) is 0.0338. The Bertz CT molecular complexity index is 1940. The molecule has 12 heteroatoms. The molecule has 0 bridgehead atoms. The average molecular weight is 793 g/mol. The van der Waals surface area contributed by atoms with Gasteiger partial charge in [-0.3, -0.25) is 10.1 Å². The minimum atomic E-state index is -3.96. The van der Waals surface area contributed by atoms with Crippen molar-refractivity contribution < 1.29 is 17.7 Å². The summed E-state index contributed by atoms with van der Waals surface area (Å²) in [6, 6.07) is 41.4. The summed E-state index contributed by atoms with van der Waals surface area (Å²) in [6.07, 6.45) is 0. The van der Waals surface area contributed by atoms with E-state index in [1.54, 1.807) is 13.0 Å². The Hall–Kier alpha value is -3.60. The molecule has 7 nitrogen and oxygen atoms in total. The average Bonchev–Trinajstić information content (AvgIpc) is 3.85. The second kappa shape index (κ2) is 15.7. The lowest BCUT2D eigenvalue weighted by Crippen LogP contribution is -2.48. The van der Waals surface area contributed by atoms with Gasteiger partial charge in [-0.15, -0.1) is 0 Å². The Balaban J connectivity index is 0.000000217. The van der Waals surface area contributed by atoms with Crippen LogP contribution in [0.4, 0.5) is 10.1 Å².